The van der Waals surface area contributed by atoms with Gasteiger partial charge in [0.2, 0.25) is 11.8 Å². The third kappa shape index (κ3) is 4.21. The van der Waals surface area contributed by atoms with E-state index >= 15 is 0 Å². The molecule has 1 aliphatic rings. The molecule has 2 aromatic carbocycles. The maximum Gasteiger partial charge on any atom is 0.258 e. The number of fused-ring (bicyclic) bond motifs is 1. The summed E-state index contributed by atoms with van der Waals surface area (Å²) in [4.78, 5) is 47.9. The van der Waals surface area contributed by atoms with E-state index in [1.807, 2.05) is 30.9 Å². The molecule has 0 aliphatic carbocycles. The Balaban J connectivity index is 1.37. The van der Waals surface area contributed by atoms with Gasteiger partial charge in [-0.1, -0.05) is 12.1 Å². The third-order valence-electron chi connectivity index (χ3n) is 6.23. The number of nitrogens with one attached hydrogen (secondary N) is 1. The van der Waals surface area contributed by atoms with Crippen molar-refractivity contribution in [1.82, 2.24) is 14.9 Å². The third-order valence-corrected chi connectivity index (χ3v) is 6.23. The predicted octanol–water partition coefficient (Wildman–Crippen LogP) is 1.92. The van der Waals surface area contributed by atoms with Gasteiger partial charge < -0.3 is 20.5 Å². The lowest BCUT2D eigenvalue weighted by Crippen LogP contribution is -2.49. The normalized spacial score (nSPS) is 14.1. The number of hydrogen-bond donors (Lipinski definition) is 2. The molecule has 0 radical (unpaired) electrons. The first-order valence-electron chi connectivity index (χ1n) is 10.8. The standard InChI is InChI=1S/C24H27N5O3/c1-15-16(2)20(8-7-17(15)23(25)31)28-11-13-29(14-12-28)22(30)10-9-21-26-19-6-4-3-5-18(19)24(32)27-21/h3-8H,9-14H2,1-2H3,(H2,25,31)(H,26,27,32). The highest BCUT2D eigenvalue weighted by Crippen LogP contribution is 2.26. The van der Waals surface area contributed by atoms with Crippen LogP contribution in [0.25, 0.3) is 10.9 Å². The van der Waals surface area contributed by atoms with Crippen LogP contribution in [0.5, 0.6) is 0 Å². The van der Waals surface area contributed by atoms with E-state index in [2.05, 4.69) is 14.9 Å². The molecule has 0 atom stereocenters. The second-order valence-electron chi connectivity index (χ2n) is 8.14. The minimum Gasteiger partial charge on any atom is -0.368 e. The van der Waals surface area contributed by atoms with Crippen molar-refractivity contribution in [3.05, 3.63) is 69.3 Å². The number of rotatable bonds is 5. The average Bonchev–Trinajstić information content (AvgIpc) is 2.79. The summed E-state index contributed by atoms with van der Waals surface area (Å²) in [5, 5.41) is 0.549. The van der Waals surface area contributed by atoms with Crippen molar-refractivity contribution < 1.29 is 9.59 Å². The Bertz CT molecular complexity index is 1240. The number of H-pyrrole nitrogens is 1. The summed E-state index contributed by atoms with van der Waals surface area (Å²) < 4.78 is 0. The van der Waals surface area contributed by atoms with Gasteiger partial charge in [0.25, 0.3) is 5.56 Å². The Morgan fingerprint density at radius 3 is 2.47 bits per heavy atom. The first-order chi connectivity index (χ1) is 15.3. The van der Waals surface area contributed by atoms with Crippen LogP contribution in [0.1, 0.15) is 33.7 Å². The predicted molar refractivity (Wildman–Crippen MR) is 124 cm³/mol. The summed E-state index contributed by atoms with van der Waals surface area (Å²) in [7, 11) is 0. The lowest BCUT2D eigenvalue weighted by Gasteiger charge is -2.37. The van der Waals surface area contributed by atoms with Gasteiger partial charge in [0.1, 0.15) is 5.82 Å². The van der Waals surface area contributed by atoms with Gasteiger partial charge in [-0.05, 0) is 49.2 Å². The summed E-state index contributed by atoms with van der Waals surface area (Å²) in [6, 6.07) is 10.9. The van der Waals surface area contributed by atoms with Crippen molar-refractivity contribution >= 4 is 28.4 Å². The van der Waals surface area contributed by atoms with Crippen LogP contribution < -0.4 is 16.2 Å². The van der Waals surface area contributed by atoms with Crippen molar-refractivity contribution in [2.24, 2.45) is 5.73 Å². The van der Waals surface area contributed by atoms with E-state index in [0.717, 1.165) is 16.8 Å². The summed E-state index contributed by atoms with van der Waals surface area (Å²) in [6.45, 7) is 6.57. The van der Waals surface area contributed by atoms with E-state index in [4.69, 9.17) is 5.73 Å². The molecule has 32 heavy (non-hydrogen) atoms. The van der Waals surface area contributed by atoms with Crippen molar-refractivity contribution in [1.29, 1.82) is 0 Å². The van der Waals surface area contributed by atoms with Crippen LogP contribution in [0.3, 0.4) is 0 Å². The van der Waals surface area contributed by atoms with E-state index < -0.39 is 5.91 Å². The van der Waals surface area contributed by atoms with Gasteiger partial charge in [0.15, 0.2) is 0 Å². The van der Waals surface area contributed by atoms with Gasteiger partial charge in [0.05, 0.1) is 10.9 Å². The summed E-state index contributed by atoms with van der Waals surface area (Å²) in [5.41, 5.74) is 9.44. The number of aryl methyl sites for hydroxylation is 1. The number of para-hydroxylation sites is 1. The Morgan fingerprint density at radius 1 is 1.03 bits per heavy atom. The van der Waals surface area contributed by atoms with Gasteiger partial charge in [-0.2, -0.15) is 0 Å². The minimum absolute atomic E-state index is 0.0532. The highest BCUT2D eigenvalue weighted by atomic mass is 16.2. The van der Waals surface area contributed by atoms with Gasteiger partial charge in [0, 0.05) is 50.3 Å². The van der Waals surface area contributed by atoms with Crippen molar-refractivity contribution in [3.8, 4) is 0 Å². The van der Waals surface area contributed by atoms with Crippen LogP contribution in [0, 0.1) is 13.8 Å². The highest BCUT2D eigenvalue weighted by molar-refractivity contribution is 5.95. The number of carbonyl (C=O) groups excluding carboxylic acids is 2. The minimum atomic E-state index is -0.421. The maximum atomic E-state index is 12.7. The van der Waals surface area contributed by atoms with Gasteiger partial charge in [-0.15, -0.1) is 0 Å². The van der Waals surface area contributed by atoms with E-state index in [-0.39, 0.29) is 11.5 Å². The van der Waals surface area contributed by atoms with E-state index in [0.29, 0.717) is 61.3 Å². The molecule has 3 aromatic rings. The molecular formula is C24H27N5O3. The molecule has 3 N–H and O–H groups in total. The van der Waals surface area contributed by atoms with Crippen LogP contribution in [0.2, 0.25) is 0 Å². The molecule has 2 heterocycles. The fraction of sp³-hybridized carbons (Fsp3) is 0.333. The van der Waals surface area contributed by atoms with Crippen LogP contribution in [0.15, 0.2) is 41.2 Å². The fourth-order valence-corrected chi connectivity index (χ4v) is 4.25. The monoisotopic (exact) mass is 433 g/mol. The van der Waals surface area contributed by atoms with Crippen LogP contribution in [-0.2, 0) is 11.2 Å². The quantitative estimate of drug-likeness (QED) is 0.638. The fourth-order valence-electron chi connectivity index (χ4n) is 4.25. The lowest BCUT2D eigenvalue weighted by atomic mass is 10.00. The molecular weight excluding hydrogens is 406 g/mol. The first kappa shape index (κ1) is 21.5. The molecule has 0 unspecified atom stereocenters. The molecule has 4 rings (SSSR count). The van der Waals surface area contributed by atoms with Crippen LogP contribution in [-0.4, -0.2) is 52.9 Å². The second kappa shape index (κ2) is 8.82. The Morgan fingerprint density at radius 2 is 1.75 bits per heavy atom. The molecule has 8 nitrogen and oxygen atoms in total. The Hall–Kier alpha value is -3.68. The van der Waals surface area contributed by atoms with E-state index in [9.17, 15) is 14.4 Å². The summed E-state index contributed by atoms with van der Waals surface area (Å²) in [5.74, 6) is 0.161. The zero-order valence-corrected chi connectivity index (χ0v) is 18.4. The number of aromatic amines is 1. The van der Waals surface area contributed by atoms with Gasteiger partial charge >= 0.3 is 0 Å². The van der Waals surface area contributed by atoms with Crippen molar-refractivity contribution in [2.75, 3.05) is 31.1 Å². The molecule has 1 fully saturated rings. The molecule has 8 heteroatoms. The maximum absolute atomic E-state index is 12.7. The molecule has 0 bridgehead atoms. The van der Waals surface area contributed by atoms with E-state index in [1.165, 1.54) is 0 Å². The smallest absolute Gasteiger partial charge is 0.258 e. The Labute approximate surface area is 186 Å². The highest BCUT2D eigenvalue weighted by Gasteiger charge is 2.23. The summed E-state index contributed by atoms with van der Waals surface area (Å²) in [6.07, 6.45) is 0.693. The SMILES string of the molecule is Cc1c(C(N)=O)ccc(N2CCN(C(=O)CCc3nc4ccccc4c(=O)[nH]3)CC2)c1C. The number of carbonyl (C=O) groups is 2. The number of amides is 2. The zero-order chi connectivity index (χ0) is 22.8. The number of benzene rings is 2. The molecule has 2 amide bonds. The molecule has 1 aliphatic heterocycles. The molecule has 0 saturated carbocycles. The number of primary amides is 1. The van der Waals surface area contributed by atoms with Crippen LogP contribution in [0.4, 0.5) is 5.69 Å². The first-order valence-corrected chi connectivity index (χ1v) is 10.8. The zero-order valence-electron chi connectivity index (χ0n) is 18.4. The molecule has 166 valence electrons. The largest absolute Gasteiger partial charge is 0.368 e. The van der Waals surface area contributed by atoms with Crippen LogP contribution >= 0.6 is 0 Å². The second-order valence-corrected chi connectivity index (χ2v) is 8.14. The van der Waals surface area contributed by atoms with Crippen molar-refractivity contribution in [2.45, 2.75) is 26.7 Å². The number of hydrogen-bond acceptors (Lipinski definition) is 5. The Kier molecular flexibility index (Phi) is 5.94. The lowest BCUT2D eigenvalue weighted by molar-refractivity contribution is -0.131. The molecule has 1 saturated heterocycles. The van der Waals surface area contributed by atoms with E-state index in [1.54, 1.807) is 24.3 Å². The molecule has 1 aromatic heterocycles. The average molecular weight is 434 g/mol. The van der Waals surface area contributed by atoms with Crippen molar-refractivity contribution in [3.63, 3.8) is 0 Å². The van der Waals surface area contributed by atoms with Gasteiger partial charge in [-0.3, -0.25) is 14.4 Å². The number of nitrogens with zero attached hydrogens (tertiary/aromatic N) is 3. The number of aromatic nitrogens is 2. The number of nitrogens with two attached hydrogens (primary N) is 1. The molecule has 0 spiro atoms. The summed E-state index contributed by atoms with van der Waals surface area (Å²) >= 11 is 0. The topological polar surface area (TPSA) is 112 Å². The van der Waals surface area contributed by atoms with Gasteiger partial charge in [-0.25, -0.2) is 4.98 Å². The number of piperazine rings is 1. The number of anilines is 1.